The lowest BCUT2D eigenvalue weighted by atomic mass is 10.2. The first kappa shape index (κ1) is 18.9. The van der Waals surface area contributed by atoms with Crippen LogP contribution < -0.4 is 10.1 Å². The van der Waals surface area contributed by atoms with Crippen LogP contribution in [0.25, 0.3) is 0 Å². The van der Waals surface area contributed by atoms with E-state index >= 15 is 0 Å². The van der Waals surface area contributed by atoms with E-state index in [2.05, 4.69) is 5.32 Å². The van der Waals surface area contributed by atoms with Gasteiger partial charge in [0.05, 0.1) is 12.0 Å². The molecule has 5 nitrogen and oxygen atoms in total. The zero-order valence-corrected chi connectivity index (χ0v) is 16.0. The number of rotatable bonds is 7. The van der Waals surface area contributed by atoms with Gasteiger partial charge in [-0.2, -0.15) is 4.31 Å². The normalized spacial score (nSPS) is 15.7. The van der Waals surface area contributed by atoms with E-state index in [0.717, 1.165) is 37.1 Å². The van der Waals surface area contributed by atoms with Crippen LogP contribution in [0.15, 0.2) is 53.4 Å². The van der Waals surface area contributed by atoms with Crippen LogP contribution in [-0.4, -0.2) is 32.9 Å². The molecule has 0 amide bonds. The number of nitrogens with zero attached hydrogens (tertiary/aromatic N) is 1. The van der Waals surface area contributed by atoms with E-state index in [0.29, 0.717) is 24.5 Å². The predicted octanol–water partition coefficient (Wildman–Crippen LogP) is 3.16. The summed E-state index contributed by atoms with van der Waals surface area (Å²) < 4.78 is 32.1. The van der Waals surface area contributed by atoms with Crippen molar-refractivity contribution in [3.05, 3.63) is 59.7 Å². The first-order valence-electron chi connectivity index (χ1n) is 9.02. The maximum Gasteiger partial charge on any atom is 0.243 e. The van der Waals surface area contributed by atoms with Gasteiger partial charge in [-0.25, -0.2) is 8.42 Å². The third-order valence-electron chi connectivity index (χ3n) is 4.69. The van der Waals surface area contributed by atoms with Crippen LogP contribution in [-0.2, 0) is 23.1 Å². The van der Waals surface area contributed by atoms with Crippen molar-refractivity contribution in [2.24, 2.45) is 0 Å². The predicted molar refractivity (Wildman–Crippen MR) is 103 cm³/mol. The van der Waals surface area contributed by atoms with Crippen LogP contribution in [0.1, 0.15) is 30.4 Å². The third kappa shape index (κ3) is 4.63. The molecule has 2 aromatic rings. The summed E-state index contributed by atoms with van der Waals surface area (Å²) in [7, 11) is -1.69. The molecule has 1 fully saturated rings. The van der Waals surface area contributed by atoms with Crippen molar-refractivity contribution in [2.45, 2.75) is 37.2 Å². The average Bonchev–Trinajstić information content (AvgIpc) is 2.69. The third-order valence-corrected chi connectivity index (χ3v) is 6.61. The Morgan fingerprint density at radius 2 is 1.42 bits per heavy atom. The van der Waals surface area contributed by atoms with E-state index < -0.39 is 10.0 Å². The molecule has 0 saturated carbocycles. The summed E-state index contributed by atoms with van der Waals surface area (Å²) in [5.41, 5.74) is 2.24. The highest BCUT2D eigenvalue weighted by molar-refractivity contribution is 7.89. The van der Waals surface area contributed by atoms with Crippen molar-refractivity contribution in [1.29, 1.82) is 0 Å². The van der Waals surface area contributed by atoms with E-state index in [1.807, 2.05) is 36.4 Å². The summed E-state index contributed by atoms with van der Waals surface area (Å²) in [6.45, 7) is 2.70. The van der Waals surface area contributed by atoms with Gasteiger partial charge in [0.25, 0.3) is 0 Å². The minimum atomic E-state index is -3.35. The number of methoxy groups -OCH3 is 1. The monoisotopic (exact) mass is 374 g/mol. The van der Waals surface area contributed by atoms with E-state index in [-0.39, 0.29) is 0 Å². The lowest BCUT2D eigenvalue weighted by molar-refractivity contribution is 0.346. The van der Waals surface area contributed by atoms with Gasteiger partial charge in [-0.1, -0.05) is 30.7 Å². The fourth-order valence-electron chi connectivity index (χ4n) is 3.13. The summed E-state index contributed by atoms with van der Waals surface area (Å²) in [6.07, 6.45) is 3.02. The maximum atomic E-state index is 12.6. The lowest BCUT2D eigenvalue weighted by Gasteiger charge is -2.25. The lowest BCUT2D eigenvalue weighted by Crippen LogP contribution is -2.35. The number of sulfonamides is 1. The van der Waals surface area contributed by atoms with E-state index in [4.69, 9.17) is 4.74 Å². The largest absolute Gasteiger partial charge is 0.497 e. The van der Waals surface area contributed by atoms with Crippen molar-refractivity contribution < 1.29 is 13.2 Å². The van der Waals surface area contributed by atoms with Gasteiger partial charge >= 0.3 is 0 Å². The highest BCUT2D eigenvalue weighted by Gasteiger charge is 2.25. The minimum absolute atomic E-state index is 0.387. The molecule has 0 spiro atoms. The number of nitrogens with one attached hydrogen (secondary N) is 1. The Morgan fingerprint density at radius 1 is 0.885 bits per heavy atom. The molecule has 0 atom stereocenters. The van der Waals surface area contributed by atoms with Gasteiger partial charge in [0.1, 0.15) is 5.75 Å². The molecule has 1 aliphatic rings. The fourth-order valence-corrected chi connectivity index (χ4v) is 4.65. The maximum absolute atomic E-state index is 12.6. The van der Waals surface area contributed by atoms with Crippen LogP contribution in [0.3, 0.4) is 0 Å². The van der Waals surface area contributed by atoms with Crippen molar-refractivity contribution in [1.82, 2.24) is 9.62 Å². The molecule has 0 unspecified atom stereocenters. The number of piperidine rings is 1. The standard InChI is InChI=1S/C20H26N2O3S/c1-25-19-9-5-17(6-10-19)15-21-16-18-7-11-20(12-8-18)26(23,24)22-13-3-2-4-14-22/h5-12,21H,2-4,13-16H2,1H3. The van der Waals surface area contributed by atoms with Crippen molar-refractivity contribution in [3.63, 3.8) is 0 Å². The van der Waals surface area contributed by atoms with Crippen molar-refractivity contribution in [3.8, 4) is 5.75 Å². The molecule has 0 aromatic heterocycles. The summed E-state index contributed by atoms with van der Waals surface area (Å²) >= 11 is 0. The minimum Gasteiger partial charge on any atom is -0.497 e. The van der Waals surface area contributed by atoms with E-state index in [1.54, 1.807) is 23.5 Å². The van der Waals surface area contributed by atoms with Crippen LogP contribution in [0.5, 0.6) is 5.75 Å². The molecule has 0 aliphatic carbocycles. The molecule has 0 bridgehead atoms. The molecule has 2 aromatic carbocycles. The van der Waals surface area contributed by atoms with Crippen LogP contribution in [0, 0.1) is 0 Å². The highest BCUT2D eigenvalue weighted by Crippen LogP contribution is 2.21. The summed E-state index contributed by atoms with van der Waals surface area (Å²) in [5.74, 6) is 0.847. The number of hydrogen-bond donors (Lipinski definition) is 1. The quantitative estimate of drug-likeness (QED) is 0.809. The van der Waals surface area contributed by atoms with Gasteiger partial charge < -0.3 is 10.1 Å². The Bertz CT molecular complexity index is 796. The van der Waals surface area contributed by atoms with Crippen LogP contribution in [0.2, 0.25) is 0 Å². The van der Waals surface area contributed by atoms with Crippen molar-refractivity contribution in [2.75, 3.05) is 20.2 Å². The molecule has 1 saturated heterocycles. The molecular weight excluding hydrogens is 348 g/mol. The topological polar surface area (TPSA) is 58.6 Å². The van der Waals surface area contributed by atoms with Gasteiger partial charge in [0.2, 0.25) is 10.0 Å². The summed E-state index contributed by atoms with van der Waals surface area (Å²) in [4.78, 5) is 0.387. The van der Waals surface area contributed by atoms with Gasteiger partial charge in [-0.3, -0.25) is 0 Å². The molecule has 0 radical (unpaired) electrons. The Morgan fingerprint density at radius 3 is 1.96 bits per heavy atom. The molecule has 1 heterocycles. The zero-order chi connectivity index (χ0) is 18.4. The Kier molecular flexibility index (Phi) is 6.29. The first-order valence-corrected chi connectivity index (χ1v) is 10.5. The Hall–Kier alpha value is -1.89. The second kappa shape index (κ2) is 8.66. The zero-order valence-electron chi connectivity index (χ0n) is 15.1. The Labute approximate surface area is 156 Å². The first-order chi connectivity index (χ1) is 12.6. The molecule has 3 rings (SSSR count). The highest BCUT2D eigenvalue weighted by atomic mass is 32.2. The SMILES string of the molecule is COc1ccc(CNCc2ccc(S(=O)(=O)N3CCCCC3)cc2)cc1. The van der Waals surface area contributed by atoms with Gasteiger partial charge in [0.15, 0.2) is 0 Å². The summed E-state index contributed by atoms with van der Waals surface area (Å²) in [6, 6.07) is 15.1. The Balaban J connectivity index is 1.55. The van der Waals surface area contributed by atoms with Gasteiger partial charge in [0, 0.05) is 26.2 Å². The average molecular weight is 375 g/mol. The van der Waals surface area contributed by atoms with Gasteiger partial charge in [-0.15, -0.1) is 0 Å². The molecule has 6 heteroatoms. The number of benzene rings is 2. The molecular formula is C20H26N2O3S. The van der Waals surface area contributed by atoms with E-state index in [1.165, 1.54) is 5.56 Å². The molecule has 140 valence electrons. The van der Waals surface area contributed by atoms with Crippen molar-refractivity contribution >= 4 is 10.0 Å². The van der Waals surface area contributed by atoms with Crippen LogP contribution >= 0.6 is 0 Å². The fraction of sp³-hybridized carbons (Fsp3) is 0.400. The second-order valence-electron chi connectivity index (χ2n) is 6.56. The molecule has 1 aliphatic heterocycles. The summed E-state index contributed by atoms with van der Waals surface area (Å²) in [5, 5.41) is 3.38. The molecule has 1 N–H and O–H groups in total. The molecule has 26 heavy (non-hydrogen) atoms. The second-order valence-corrected chi connectivity index (χ2v) is 8.50. The number of ether oxygens (including phenoxy) is 1. The van der Waals surface area contributed by atoms with Crippen LogP contribution in [0.4, 0.5) is 0 Å². The smallest absolute Gasteiger partial charge is 0.243 e. The number of hydrogen-bond acceptors (Lipinski definition) is 4. The van der Waals surface area contributed by atoms with E-state index in [9.17, 15) is 8.42 Å². The van der Waals surface area contributed by atoms with Gasteiger partial charge in [-0.05, 0) is 48.2 Å².